The molecule has 0 bridgehead atoms. The van der Waals surface area contributed by atoms with E-state index in [-0.39, 0.29) is 24.3 Å². The van der Waals surface area contributed by atoms with E-state index in [0.29, 0.717) is 4.90 Å². The van der Waals surface area contributed by atoms with Crippen LogP contribution in [0.15, 0.2) is 24.3 Å². The molecule has 1 aliphatic rings. The fraction of sp³-hybridized carbons (Fsp3) is 0.231. The minimum atomic E-state index is -0.940. The lowest BCUT2D eigenvalue weighted by Crippen LogP contribution is -2.33. The third-order valence-electron chi connectivity index (χ3n) is 2.98. The maximum Gasteiger partial charge on any atom is 0.333 e. The van der Waals surface area contributed by atoms with Crippen LogP contribution in [0.5, 0.6) is 0 Å². The maximum absolute atomic E-state index is 12.7. The Kier molecular flexibility index (Phi) is 3.60. The molecule has 1 aromatic carbocycles. The van der Waals surface area contributed by atoms with E-state index in [0.717, 1.165) is 17.0 Å². The molecule has 4 amide bonds. The van der Waals surface area contributed by atoms with Crippen molar-refractivity contribution in [1.82, 2.24) is 9.80 Å². The highest BCUT2D eigenvalue weighted by Gasteiger charge is 2.41. The van der Waals surface area contributed by atoms with E-state index in [1.165, 1.54) is 19.2 Å². The average Bonchev–Trinajstić information content (AvgIpc) is 2.62. The summed E-state index contributed by atoms with van der Waals surface area (Å²) < 4.78 is 12.7. The van der Waals surface area contributed by atoms with Gasteiger partial charge in [-0.2, -0.15) is 0 Å². The molecule has 2 rings (SSSR count). The van der Waals surface area contributed by atoms with Crippen LogP contribution >= 0.6 is 0 Å². The Morgan fingerprint density at radius 1 is 1.10 bits per heavy atom. The van der Waals surface area contributed by atoms with Gasteiger partial charge in [-0.1, -0.05) is 0 Å². The molecule has 1 saturated heterocycles. The number of nitrogens with zero attached hydrogens (tertiary/aromatic N) is 2. The van der Waals surface area contributed by atoms with Crippen LogP contribution in [-0.2, 0) is 9.59 Å². The third-order valence-corrected chi connectivity index (χ3v) is 2.98. The van der Waals surface area contributed by atoms with Crippen molar-refractivity contribution in [2.45, 2.75) is 6.42 Å². The van der Waals surface area contributed by atoms with Gasteiger partial charge in [0.05, 0.1) is 0 Å². The summed E-state index contributed by atoms with van der Waals surface area (Å²) >= 11 is 0. The van der Waals surface area contributed by atoms with Crippen LogP contribution in [-0.4, -0.2) is 47.0 Å². The number of imide groups is 2. The van der Waals surface area contributed by atoms with E-state index in [4.69, 9.17) is 0 Å². The predicted octanol–water partition coefficient (Wildman–Crippen LogP) is 0.819. The van der Waals surface area contributed by atoms with Crippen molar-refractivity contribution >= 4 is 23.6 Å². The molecule has 20 heavy (non-hydrogen) atoms. The van der Waals surface area contributed by atoms with Gasteiger partial charge in [0, 0.05) is 25.6 Å². The molecule has 0 aliphatic carbocycles. The van der Waals surface area contributed by atoms with Gasteiger partial charge in [0.25, 0.3) is 0 Å². The molecule has 0 saturated carbocycles. The molecule has 0 radical (unpaired) electrons. The first-order chi connectivity index (χ1) is 9.41. The van der Waals surface area contributed by atoms with E-state index in [1.54, 1.807) is 0 Å². The molecule has 7 heteroatoms. The number of hydrogen-bond acceptors (Lipinski definition) is 4. The fourth-order valence-electron chi connectivity index (χ4n) is 1.80. The van der Waals surface area contributed by atoms with Crippen LogP contribution in [0, 0.1) is 5.82 Å². The predicted molar refractivity (Wildman–Crippen MR) is 65.2 cm³/mol. The number of likely N-dealkylation sites (N-methyl/N-ethyl adjacent to an activating group) is 1. The molecule has 104 valence electrons. The number of carbonyl (C=O) groups is 4. The van der Waals surface area contributed by atoms with Gasteiger partial charge in [0.15, 0.2) is 5.78 Å². The van der Waals surface area contributed by atoms with Crippen molar-refractivity contribution < 1.29 is 23.6 Å². The Morgan fingerprint density at radius 2 is 1.70 bits per heavy atom. The topological polar surface area (TPSA) is 74.8 Å². The van der Waals surface area contributed by atoms with Gasteiger partial charge in [0.1, 0.15) is 5.82 Å². The molecule has 6 nitrogen and oxygen atoms in total. The van der Waals surface area contributed by atoms with E-state index in [1.807, 2.05) is 0 Å². The molecule has 1 aliphatic heterocycles. The van der Waals surface area contributed by atoms with Crippen molar-refractivity contribution in [3.05, 3.63) is 35.6 Å². The highest BCUT2D eigenvalue weighted by Crippen LogP contribution is 2.12. The smallest absolute Gasteiger partial charge is 0.294 e. The number of Topliss-reactive ketones (excluding diaryl/α,β-unsaturated/α-hetero) is 1. The van der Waals surface area contributed by atoms with Gasteiger partial charge in [-0.25, -0.2) is 9.18 Å². The standard InChI is InChI=1S/C13H11FN2O4/c1-15-11(18)12(19)16(13(15)20)7-6-10(17)8-2-4-9(14)5-3-8/h2-5H,6-7H2,1H3. The first-order valence-electron chi connectivity index (χ1n) is 5.84. The lowest BCUT2D eigenvalue weighted by atomic mass is 10.1. The Hall–Kier alpha value is -2.57. The van der Waals surface area contributed by atoms with E-state index in [9.17, 15) is 23.6 Å². The van der Waals surface area contributed by atoms with E-state index < -0.39 is 23.7 Å². The zero-order valence-electron chi connectivity index (χ0n) is 10.6. The molecule has 0 aromatic heterocycles. The first kappa shape index (κ1) is 13.9. The molecular weight excluding hydrogens is 267 g/mol. The quantitative estimate of drug-likeness (QED) is 0.464. The Morgan fingerprint density at radius 3 is 2.20 bits per heavy atom. The van der Waals surface area contributed by atoms with E-state index >= 15 is 0 Å². The molecule has 1 fully saturated rings. The largest absolute Gasteiger partial charge is 0.333 e. The molecule has 0 spiro atoms. The number of hydrogen-bond donors (Lipinski definition) is 0. The summed E-state index contributed by atoms with van der Waals surface area (Å²) in [7, 11) is 1.20. The second-order valence-corrected chi connectivity index (χ2v) is 4.28. The zero-order chi connectivity index (χ0) is 14.9. The number of halogens is 1. The normalized spacial score (nSPS) is 15.2. The van der Waals surface area contributed by atoms with Gasteiger partial charge in [0.2, 0.25) is 0 Å². The molecule has 0 N–H and O–H groups in total. The Bertz CT molecular complexity index is 597. The Labute approximate surface area is 113 Å². The minimum Gasteiger partial charge on any atom is -0.294 e. The van der Waals surface area contributed by atoms with Crippen LogP contribution in [0.3, 0.4) is 0 Å². The molecule has 1 heterocycles. The van der Waals surface area contributed by atoms with Gasteiger partial charge in [-0.3, -0.25) is 24.2 Å². The van der Waals surface area contributed by atoms with Crippen LogP contribution in [0.1, 0.15) is 16.8 Å². The summed E-state index contributed by atoms with van der Waals surface area (Å²) in [4.78, 5) is 47.6. The Balaban J connectivity index is 2.00. The second-order valence-electron chi connectivity index (χ2n) is 4.28. The number of benzene rings is 1. The maximum atomic E-state index is 12.7. The summed E-state index contributed by atoms with van der Waals surface area (Å²) in [6.45, 7) is -0.177. The van der Waals surface area contributed by atoms with Crippen LogP contribution in [0.2, 0.25) is 0 Å². The summed E-state index contributed by atoms with van der Waals surface area (Å²) in [5, 5.41) is 0. The number of ketones is 1. The zero-order valence-corrected chi connectivity index (χ0v) is 10.6. The highest BCUT2D eigenvalue weighted by atomic mass is 19.1. The number of rotatable bonds is 4. The highest BCUT2D eigenvalue weighted by molar-refractivity contribution is 6.44. The second kappa shape index (κ2) is 5.20. The van der Waals surface area contributed by atoms with Crippen molar-refractivity contribution in [3.63, 3.8) is 0 Å². The summed E-state index contributed by atoms with van der Waals surface area (Å²) in [5.41, 5.74) is 0.283. The van der Waals surface area contributed by atoms with Crippen molar-refractivity contribution in [2.24, 2.45) is 0 Å². The van der Waals surface area contributed by atoms with E-state index in [2.05, 4.69) is 0 Å². The van der Waals surface area contributed by atoms with Gasteiger partial charge in [-0.15, -0.1) is 0 Å². The number of urea groups is 1. The van der Waals surface area contributed by atoms with Gasteiger partial charge < -0.3 is 0 Å². The lowest BCUT2D eigenvalue weighted by molar-refractivity contribution is -0.142. The number of carbonyl (C=O) groups excluding carboxylic acids is 4. The lowest BCUT2D eigenvalue weighted by Gasteiger charge is -2.11. The molecule has 0 atom stereocenters. The third kappa shape index (κ3) is 2.42. The average molecular weight is 278 g/mol. The van der Waals surface area contributed by atoms with Gasteiger partial charge in [-0.05, 0) is 24.3 Å². The molecular formula is C13H11FN2O4. The van der Waals surface area contributed by atoms with Crippen molar-refractivity contribution in [1.29, 1.82) is 0 Å². The monoisotopic (exact) mass is 278 g/mol. The molecule has 0 unspecified atom stereocenters. The van der Waals surface area contributed by atoms with Crippen LogP contribution < -0.4 is 0 Å². The van der Waals surface area contributed by atoms with Crippen molar-refractivity contribution in [2.75, 3.05) is 13.6 Å². The van der Waals surface area contributed by atoms with Crippen LogP contribution in [0.25, 0.3) is 0 Å². The summed E-state index contributed by atoms with van der Waals surface area (Å²) in [6, 6.07) is 4.20. The van der Waals surface area contributed by atoms with Crippen molar-refractivity contribution in [3.8, 4) is 0 Å². The first-order valence-corrected chi connectivity index (χ1v) is 5.84. The number of amides is 4. The molecule has 1 aromatic rings. The SMILES string of the molecule is CN1C(=O)C(=O)N(CCC(=O)c2ccc(F)cc2)C1=O. The van der Waals surface area contributed by atoms with Gasteiger partial charge >= 0.3 is 17.8 Å². The summed E-state index contributed by atoms with van der Waals surface area (Å²) in [5.74, 6) is -2.65. The van der Waals surface area contributed by atoms with Crippen LogP contribution in [0.4, 0.5) is 9.18 Å². The fourth-order valence-corrected chi connectivity index (χ4v) is 1.80. The minimum absolute atomic E-state index is 0.121. The summed E-state index contributed by atoms with van der Waals surface area (Å²) in [6.07, 6.45) is -0.121.